The zero-order valence-corrected chi connectivity index (χ0v) is 20.8. The Balaban J connectivity index is 2.25. The Labute approximate surface area is 183 Å². The molecule has 0 unspecified atom stereocenters. The standard InChI is InChI=1S/C25H38O2SSi/c1-21(18-26-20-28-6)17-22(2)19-27-29(25(3,4)5,23-13-9-7-10-14-23)24-15-11-8-12-16-24/h7-16,21-22H,17-20H2,1-6H3/t21-,22-/m1/s1. The molecule has 0 aromatic heterocycles. The predicted octanol–water partition coefficient (Wildman–Crippen LogP) is 5.56. The number of ether oxygens (including phenoxy) is 1. The van der Waals surface area contributed by atoms with E-state index in [1.165, 1.54) is 10.4 Å². The van der Waals surface area contributed by atoms with Crippen molar-refractivity contribution in [1.82, 2.24) is 0 Å². The van der Waals surface area contributed by atoms with E-state index < -0.39 is 8.32 Å². The van der Waals surface area contributed by atoms with Crippen LogP contribution >= 0.6 is 11.8 Å². The van der Waals surface area contributed by atoms with Crippen LogP contribution in [0.5, 0.6) is 0 Å². The molecule has 2 atom stereocenters. The predicted molar refractivity (Wildman–Crippen MR) is 131 cm³/mol. The monoisotopic (exact) mass is 430 g/mol. The summed E-state index contributed by atoms with van der Waals surface area (Å²) >= 11 is 1.73. The molecule has 0 saturated carbocycles. The van der Waals surface area contributed by atoms with E-state index in [2.05, 4.69) is 102 Å². The van der Waals surface area contributed by atoms with Gasteiger partial charge in [-0.3, -0.25) is 0 Å². The van der Waals surface area contributed by atoms with Gasteiger partial charge >= 0.3 is 0 Å². The Morgan fingerprint density at radius 3 is 1.76 bits per heavy atom. The molecule has 29 heavy (non-hydrogen) atoms. The van der Waals surface area contributed by atoms with E-state index in [0.717, 1.165) is 25.6 Å². The van der Waals surface area contributed by atoms with Gasteiger partial charge < -0.3 is 9.16 Å². The van der Waals surface area contributed by atoms with E-state index in [4.69, 9.17) is 9.16 Å². The Bertz CT molecular complexity index is 660. The highest BCUT2D eigenvalue weighted by molar-refractivity contribution is 7.98. The number of benzene rings is 2. The van der Waals surface area contributed by atoms with Crippen LogP contribution in [0.2, 0.25) is 5.04 Å². The second-order valence-corrected chi connectivity index (χ2v) is 14.3. The number of thioether (sulfide) groups is 1. The molecule has 2 aromatic rings. The quantitative estimate of drug-likeness (QED) is 0.264. The lowest BCUT2D eigenvalue weighted by Crippen LogP contribution is -2.66. The molecule has 4 heteroatoms. The molecule has 2 nitrogen and oxygen atoms in total. The third-order valence-corrected chi connectivity index (χ3v) is 10.8. The van der Waals surface area contributed by atoms with E-state index in [-0.39, 0.29) is 5.04 Å². The van der Waals surface area contributed by atoms with Gasteiger partial charge in [0.25, 0.3) is 8.32 Å². The van der Waals surface area contributed by atoms with Gasteiger partial charge in [-0.2, -0.15) is 0 Å². The zero-order chi connectivity index (χ0) is 21.3. The smallest absolute Gasteiger partial charge is 0.261 e. The highest BCUT2D eigenvalue weighted by Crippen LogP contribution is 2.37. The molecule has 0 radical (unpaired) electrons. The van der Waals surface area contributed by atoms with Crippen molar-refractivity contribution in [2.24, 2.45) is 11.8 Å². The van der Waals surface area contributed by atoms with Crippen LogP contribution in [-0.4, -0.2) is 33.7 Å². The van der Waals surface area contributed by atoms with Crippen LogP contribution in [0, 0.1) is 11.8 Å². The largest absolute Gasteiger partial charge is 0.407 e. The minimum absolute atomic E-state index is 0.0303. The van der Waals surface area contributed by atoms with Crippen molar-refractivity contribution < 1.29 is 9.16 Å². The lowest BCUT2D eigenvalue weighted by atomic mass is 9.99. The summed E-state index contributed by atoms with van der Waals surface area (Å²) in [7, 11) is -2.43. The molecule has 0 bridgehead atoms. The molecule has 2 aromatic carbocycles. The van der Waals surface area contributed by atoms with Gasteiger partial charge in [0.1, 0.15) is 0 Å². The van der Waals surface area contributed by atoms with Gasteiger partial charge in [-0.25, -0.2) is 0 Å². The zero-order valence-electron chi connectivity index (χ0n) is 19.0. The summed E-state index contributed by atoms with van der Waals surface area (Å²) in [6, 6.07) is 21.8. The van der Waals surface area contributed by atoms with Gasteiger partial charge in [0.05, 0.1) is 12.5 Å². The van der Waals surface area contributed by atoms with Crippen LogP contribution in [0.15, 0.2) is 60.7 Å². The van der Waals surface area contributed by atoms with Gasteiger partial charge in [0.2, 0.25) is 0 Å². The van der Waals surface area contributed by atoms with Crippen molar-refractivity contribution in [1.29, 1.82) is 0 Å². The molecule has 0 saturated heterocycles. The molecule has 160 valence electrons. The Hall–Kier alpha value is -1.07. The average molecular weight is 431 g/mol. The first-order valence-corrected chi connectivity index (χ1v) is 13.9. The maximum Gasteiger partial charge on any atom is 0.261 e. The van der Waals surface area contributed by atoms with Crippen LogP contribution in [0.3, 0.4) is 0 Å². The normalized spacial score (nSPS) is 14.6. The molecule has 0 amide bonds. The second-order valence-electron chi connectivity index (χ2n) is 9.20. The van der Waals surface area contributed by atoms with E-state index in [1.54, 1.807) is 11.8 Å². The van der Waals surface area contributed by atoms with Crippen molar-refractivity contribution >= 4 is 30.5 Å². The van der Waals surface area contributed by atoms with Crippen LogP contribution in [-0.2, 0) is 9.16 Å². The summed E-state index contributed by atoms with van der Waals surface area (Å²) in [4.78, 5) is 0. The second kappa shape index (κ2) is 11.4. The highest BCUT2D eigenvalue weighted by Gasteiger charge is 2.50. The average Bonchev–Trinajstić information content (AvgIpc) is 2.69. The fourth-order valence-corrected chi connectivity index (χ4v) is 9.14. The van der Waals surface area contributed by atoms with E-state index >= 15 is 0 Å². The fraction of sp³-hybridized carbons (Fsp3) is 0.520. The molecule has 0 aliphatic carbocycles. The van der Waals surface area contributed by atoms with Gasteiger partial charge in [-0.05, 0) is 39.9 Å². The summed E-state index contributed by atoms with van der Waals surface area (Å²) in [6.45, 7) is 13.2. The van der Waals surface area contributed by atoms with Crippen molar-refractivity contribution in [2.45, 2.75) is 46.1 Å². The number of hydrogen-bond acceptors (Lipinski definition) is 3. The van der Waals surface area contributed by atoms with Crippen LogP contribution in [0.4, 0.5) is 0 Å². The van der Waals surface area contributed by atoms with E-state index in [1.807, 2.05) is 0 Å². The summed E-state index contributed by atoms with van der Waals surface area (Å²) in [5.41, 5.74) is 0. The first kappa shape index (κ1) is 24.2. The Kier molecular flexibility index (Phi) is 9.47. The third kappa shape index (κ3) is 6.45. The van der Waals surface area contributed by atoms with Crippen molar-refractivity contribution in [3.8, 4) is 0 Å². The minimum atomic E-state index is -2.43. The molecule has 0 heterocycles. The minimum Gasteiger partial charge on any atom is -0.407 e. The summed E-state index contributed by atoms with van der Waals surface area (Å²) < 4.78 is 12.8. The maximum atomic E-state index is 7.05. The molecule has 0 fully saturated rings. The summed E-state index contributed by atoms with van der Waals surface area (Å²) in [5, 5.41) is 2.73. The molecule has 0 aliphatic heterocycles. The molecular weight excluding hydrogens is 392 g/mol. The Morgan fingerprint density at radius 1 is 0.828 bits per heavy atom. The molecular formula is C25H38O2SSi. The van der Waals surface area contributed by atoms with Gasteiger partial charge in [0.15, 0.2) is 0 Å². The van der Waals surface area contributed by atoms with Gasteiger partial charge in [0, 0.05) is 6.61 Å². The summed E-state index contributed by atoms with van der Waals surface area (Å²) in [5.74, 6) is 1.81. The molecule has 0 spiro atoms. The van der Waals surface area contributed by atoms with E-state index in [9.17, 15) is 0 Å². The topological polar surface area (TPSA) is 18.5 Å². The van der Waals surface area contributed by atoms with Crippen LogP contribution in [0.25, 0.3) is 0 Å². The first-order chi connectivity index (χ1) is 13.8. The Morgan fingerprint density at radius 2 is 1.31 bits per heavy atom. The fourth-order valence-electron chi connectivity index (χ4n) is 4.18. The first-order valence-electron chi connectivity index (χ1n) is 10.6. The number of rotatable bonds is 11. The van der Waals surface area contributed by atoms with E-state index in [0.29, 0.717) is 11.8 Å². The molecule has 2 rings (SSSR count). The van der Waals surface area contributed by atoms with Crippen LogP contribution in [0.1, 0.15) is 41.0 Å². The van der Waals surface area contributed by atoms with Gasteiger partial charge in [-0.1, -0.05) is 95.3 Å². The SMILES string of the molecule is CSCOC[C@H](C)C[C@@H](C)CO[Si](c1ccccc1)(c1ccccc1)C(C)(C)C. The maximum absolute atomic E-state index is 7.05. The lowest BCUT2D eigenvalue weighted by Gasteiger charge is -2.43. The van der Waals surface area contributed by atoms with Crippen LogP contribution < -0.4 is 10.4 Å². The molecule has 0 aliphatic rings. The van der Waals surface area contributed by atoms with Crippen molar-refractivity contribution in [3.63, 3.8) is 0 Å². The highest BCUT2D eigenvalue weighted by atomic mass is 32.2. The van der Waals surface area contributed by atoms with Crippen molar-refractivity contribution in [3.05, 3.63) is 60.7 Å². The third-order valence-electron chi connectivity index (χ3n) is 5.41. The number of hydrogen-bond donors (Lipinski definition) is 0. The van der Waals surface area contributed by atoms with Crippen molar-refractivity contribution in [2.75, 3.05) is 25.4 Å². The summed E-state index contributed by atoms with van der Waals surface area (Å²) in [6.07, 6.45) is 3.19. The lowest BCUT2D eigenvalue weighted by molar-refractivity contribution is 0.126. The van der Waals surface area contributed by atoms with Gasteiger partial charge in [-0.15, -0.1) is 11.8 Å². The molecule has 0 N–H and O–H groups in total.